The summed E-state index contributed by atoms with van der Waals surface area (Å²) < 4.78 is 54.8. The molecular weight excluding hydrogens is 569 g/mol. The highest BCUT2D eigenvalue weighted by atomic mass is 19.4. The lowest BCUT2D eigenvalue weighted by molar-refractivity contribution is -0.137. The van der Waals surface area contributed by atoms with Gasteiger partial charge in [-0.25, -0.2) is 0 Å². The number of benzene rings is 2. The number of aliphatic hydroxyl groups is 1. The van der Waals surface area contributed by atoms with Gasteiger partial charge in [-0.1, -0.05) is 0 Å². The summed E-state index contributed by atoms with van der Waals surface area (Å²) in [5, 5.41) is 17.2. The van der Waals surface area contributed by atoms with Crippen LogP contribution in [0, 0.1) is 0 Å². The highest BCUT2D eigenvalue weighted by molar-refractivity contribution is 5.84. The smallest absolute Gasteiger partial charge is 0.418 e. The van der Waals surface area contributed by atoms with Crippen molar-refractivity contribution < 1.29 is 32.5 Å². The van der Waals surface area contributed by atoms with Gasteiger partial charge in [0.05, 0.1) is 43.8 Å². The summed E-state index contributed by atoms with van der Waals surface area (Å²) in [4.78, 5) is 30.0. The van der Waals surface area contributed by atoms with Gasteiger partial charge in [-0.3, -0.25) is 9.59 Å². The number of nitrogens with one attached hydrogen (secondary N) is 1. The molecule has 1 amide bonds. The lowest BCUT2D eigenvalue weighted by Gasteiger charge is -2.23. The van der Waals surface area contributed by atoms with E-state index in [-0.39, 0.29) is 50.0 Å². The summed E-state index contributed by atoms with van der Waals surface area (Å²) in [5.74, 6) is 0.463. The van der Waals surface area contributed by atoms with Gasteiger partial charge in [0.15, 0.2) is 0 Å². The van der Waals surface area contributed by atoms with Gasteiger partial charge in [-0.2, -0.15) is 23.0 Å². The molecule has 5 rings (SSSR count). The minimum Gasteiger partial charge on any atom is -0.497 e. The SMILES string of the molecule is COc1cc(OC)cc(-c2nn(-c3cc(N4CC[C@H](O)C4)ccc3C(F)(F)F)c(=O)c3c2CCN3CC(=O)NCCN)c1. The van der Waals surface area contributed by atoms with Crippen LogP contribution in [0.4, 0.5) is 24.5 Å². The molecule has 2 aromatic carbocycles. The van der Waals surface area contributed by atoms with Crippen molar-refractivity contribution in [1.82, 2.24) is 15.1 Å². The van der Waals surface area contributed by atoms with E-state index in [1.165, 1.54) is 26.4 Å². The molecule has 11 nitrogen and oxygen atoms in total. The topological polar surface area (TPSA) is 135 Å². The first-order valence-electron chi connectivity index (χ1n) is 13.8. The molecule has 1 fully saturated rings. The van der Waals surface area contributed by atoms with E-state index in [2.05, 4.69) is 10.4 Å². The Morgan fingerprint density at radius 2 is 1.86 bits per heavy atom. The average molecular weight is 603 g/mol. The highest BCUT2D eigenvalue weighted by Crippen LogP contribution is 2.39. The maximum Gasteiger partial charge on any atom is 0.418 e. The maximum absolute atomic E-state index is 14.4. The number of methoxy groups -OCH3 is 2. The number of rotatable bonds is 9. The monoisotopic (exact) mass is 602 g/mol. The molecule has 1 saturated heterocycles. The van der Waals surface area contributed by atoms with E-state index < -0.39 is 29.1 Å². The first kappa shape index (κ1) is 30.2. The molecule has 0 saturated carbocycles. The Morgan fingerprint density at radius 1 is 1.14 bits per heavy atom. The van der Waals surface area contributed by atoms with Crippen molar-refractivity contribution in [2.75, 3.05) is 63.3 Å². The minimum atomic E-state index is -4.81. The van der Waals surface area contributed by atoms with E-state index in [1.54, 1.807) is 28.0 Å². The van der Waals surface area contributed by atoms with Gasteiger partial charge in [0.1, 0.15) is 17.2 Å². The quantitative estimate of drug-likeness (QED) is 0.336. The van der Waals surface area contributed by atoms with Gasteiger partial charge in [0.25, 0.3) is 5.56 Å². The van der Waals surface area contributed by atoms with Crippen LogP contribution in [0.25, 0.3) is 16.9 Å². The van der Waals surface area contributed by atoms with Crippen molar-refractivity contribution in [3.63, 3.8) is 0 Å². The fourth-order valence-corrected chi connectivity index (χ4v) is 5.52. The number of anilines is 2. The van der Waals surface area contributed by atoms with Crippen LogP contribution < -0.4 is 35.9 Å². The molecule has 0 radical (unpaired) electrons. The molecule has 0 spiro atoms. The number of nitrogens with two attached hydrogens (primary N) is 1. The number of carbonyl (C=O) groups is 1. The van der Waals surface area contributed by atoms with E-state index in [0.29, 0.717) is 47.7 Å². The van der Waals surface area contributed by atoms with Crippen molar-refractivity contribution >= 4 is 17.3 Å². The third-order valence-electron chi connectivity index (χ3n) is 7.58. The molecule has 43 heavy (non-hydrogen) atoms. The number of nitrogens with zero attached hydrogens (tertiary/aromatic N) is 4. The molecule has 0 bridgehead atoms. The number of hydrogen-bond donors (Lipinski definition) is 3. The molecule has 1 aromatic heterocycles. The molecule has 14 heteroatoms. The molecule has 230 valence electrons. The van der Waals surface area contributed by atoms with Gasteiger partial charge in [-0.05, 0) is 43.2 Å². The van der Waals surface area contributed by atoms with E-state index in [0.717, 1.165) is 10.7 Å². The Hall–Kier alpha value is -4.30. The summed E-state index contributed by atoms with van der Waals surface area (Å²) in [7, 11) is 2.94. The minimum absolute atomic E-state index is 0.0878. The predicted molar refractivity (Wildman–Crippen MR) is 154 cm³/mol. The van der Waals surface area contributed by atoms with Crippen molar-refractivity contribution in [2.45, 2.75) is 25.1 Å². The molecule has 2 aliphatic heterocycles. The summed E-state index contributed by atoms with van der Waals surface area (Å²) in [6.45, 7) is 1.24. The number of hydrogen-bond acceptors (Lipinski definition) is 9. The van der Waals surface area contributed by atoms with Gasteiger partial charge in [-0.15, -0.1) is 0 Å². The zero-order valence-electron chi connectivity index (χ0n) is 23.8. The number of aromatic nitrogens is 2. The Bertz CT molecular complexity index is 1560. The van der Waals surface area contributed by atoms with E-state index >= 15 is 0 Å². The van der Waals surface area contributed by atoms with Crippen LogP contribution in [0.5, 0.6) is 11.5 Å². The molecule has 3 aromatic rings. The number of halogens is 3. The van der Waals surface area contributed by atoms with Crippen molar-refractivity contribution in [2.24, 2.45) is 5.73 Å². The Labute approximate surface area is 245 Å². The molecule has 4 N–H and O–H groups in total. The van der Waals surface area contributed by atoms with Crippen LogP contribution in [0.1, 0.15) is 17.5 Å². The van der Waals surface area contributed by atoms with Gasteiger partial charge in [0, 0.05) is 55.6 Å². The second-order valence-electron chi connectivity index (χ2n) is 10.4. The van der Waals surface area contributed by atoms with Crippen molar-refractivity contribution in [1.29, 1.82) is 0 Å². The Morgan fingerprint density at radius 3 is 2.47 bits per heavy atom. The van der Waals surface area contributed by atoms with Crippen LogP contribution in [-0.2, 0) is 17.4 Å². The fraction of sp³-hybridized carbons (Fsp3) is 0.414. The summed E-state index contributed by atoms with van der Waals surface area (Å²) in [6.07, 6.45) is -4.62. The first-order valence-corrected chi connectivity index (χ1v) is 13.8. The van der Waals surface area contributed by atoms with Gasteiger partial charge < -0.3 is 35.4 Å². The molecule has 2 aliphatic rings. The highest BCUT2D eigenvalue weighted by Gasteiger charge is 2.37. The second kappa shape index (κ2) is 12.1. The number of ether oxygens (including phenoxy) is 2. The standard InChI is InChI=1S/C29H33F3N6O5/c1-42-20-11-17(12-21(14-20)43-2)26-22-6-10-37(16-25(40)34-8-7-33)27(22)28(41)38(35-26)24-13-18(36-9-5-19(39)15-36)3-4-23(24)29(30,31)32/h3-4,11-14,19,39H,5-10,15-16,33H2,1-2H3,(H,34,40)/t19-/m0/s1. The first-order chi connectivity index (χ1) is 20.5. The number of β-amino-alcohol motifs (C(OH)–C–C–N with tert-alkyl or cyclic N) is 1. The molecule has 0 unspecified atom stereocenters. The summed E-state index contributed by atoms with van der Waals surface area (Å²) in [6, 6.07) is 8.47. The zero-order valence-corrected chi connectivity index (χ0v) is 23.8. The zero-order chi connectivity index (χ0) is 30.9. The van der Waals surface area contributed by atoms with Crippen LogP contribution in [-0.4, -0.2) is 80.4 Å². The summed E-state index contributed by atoms with van der Waals surface area (Å²) >= 11 is 0. The fourth-order valence-electron chi connectivity index (χ4n) is 5.52. The van der Waals surface area contributed by atoms with E-state index in [4.69, 9.17) is 15.2 Å². The predicted octanol–water partition coefficient (Wildman–Crippen LogP) is 1.94. The second-order valence-corrected chi connectivity index (χ2v) is 10.4. The molecule has 3 heterocycles. The number of fused-ring (bicyclic) bond motifs is 1. The lowest BCUT2D eigenvalue weighted by Crippen LogP contribution is -2.40. The number of alkyl halides is 3. The van der Waals surface area contributed by atoms with Crippen LogP contribution >= 0.6 is 0 Å². The van der Waals surface area contributed by atoms with Crippen LogP contribution in [0.15, 0.2) is 41.2 Å². The van der Waals surface area contributed by atoms with Crippen molar-refractivity contribution in [3.05, 3.63) is 57.9 Å². The summed E-state index contributed by atoms with van der Waals surface area (Å²) in [5.41, 5.74) is 4.91. The molecule has 0 aliphatic carbocycles. The molecule has 1 atom stereocenters. The third-order valence-corrected chi connectivity index (χ3v) is 7.58. The average Bonchev–Trinajstić information content (AvgIpc) is 3.62. The largest absolute Gasteiger partial charge is 0.497 e. The Kier molecular flexibility index (Phi) is 8.51. The lowest BCUT2D eigenvalue weighted by atomic mass is 10.0. The Balaban J connectivity index is 1.75. The number of aliphatic hydroxyl groups excluding tert-OH is 1. The number of amides is 1. The third kappa shape index (κ3) is 6.11. The molecular formula is C29H33F3N6O5. The number of carbonyl (C=O) groups excluding carboxylic acids is 1. The van der Waals surface area contributed by atoms with E-state index in [1.807, 2.05) is 0 Å². The maximum atomic E-state index is 14.4. The van der Waals surface area contributed by atoms with Gasteiger partial charge >= 0.3 is 6.18 Å². The van der Waals surface area contributed by atoms with Crippen LogP contribution in [0.2, 0.25) is 0 Å². The van der Waals surface area contributed by atoms with Gasteiger partial charge in [0.2, 0.25) is 5.91 Å². The van der Waals surface area contributed by atoms with Crippen molar-refractivity contribution in [3.8, 4) is 28.4 Å². The normalized spacial score (nSPS) is 16.4. The van der Waals surface area contributed by atoms with Crippen LogP contribution in [0.3, 0.4) is 0 Å². The van der Waals surface area contributed by atoms with E-state index in [9.17, 15) is 27.9 Å².